The zero-order chi connectivity index (χ0) is 27.0. The lowest BCUT2D eigenvalue weighted by molar-refractivity contribution is 0.332. The number of rotatable bonds is 4. The second-order valence-corrected chi connectivity index (χ2v) is 12.6. The summed E-state index contributed by atoms with van der Waals surface area (Å²) in [5.74, 6) is 7.29. The minimum Gasteiger partial charge on any atom is -0.507 e. The van der Waals surface area contributed by atoms with Gasteiger partial charge in [-0.1, -0.05) is 18.1 Å². The molecule has 0 radical (unpaired) electrons. The third-order valence-electron chi connectivity index (χ3n) is 7.80. The van der Waals surface area contributed by atoms with Crippen LogP contribution in [0.1, 0.15) is 18.5 Å². The zero-order valence-electron chi connectivity index (χ0n) is 21.6. The lowest BCUT2D eigenvalue weighted by Gasteiger charge is -2.43. The number of hydrogen-bond donors (Lipinski definition) is 2. The summed E-state index contributed by atoms with van der Waals surface area (Å²) in [6, 6.07) is 13.7. The molecule has 2 aromatic heterocycles. The van der Waals surface area contributed by atoms with Crippen molar-refractivity contribution in [1.82, 2.24) is 20.1 Å². The maximum Gasteiger partial charge on any atom is 0.169 e. The van der Waals surface area contributed by atoms with Gasteiger partial charge in [-0.05, 0) is 49.1 Å². The molecular weight excluding hydrogens is 514 g/mol. The highest BCUT2D eigenvalue weighted by Crippen LogP contribution is 2.38. The van der Waals surface area contributed by atoms with Gasteiger partial charge in [0.25, 0.3) is 0 Å². The van der Waals surface area contributed by atoms with Gasteiger partial charge in [0.2, 0.25) is 0 Å². The maximum atomic E-state index is 11.6. The minimum absolute atomic E-state index is 0.160. The van der Waals surface area contributed by atoms with Gasteiger partial charge in [-0.25, -0.2) is 13.4 Å². The van der Waals surface area contributed by atoms with E-state index in [1.807, 2.05) is 36.5 Å². The summed E-state index contributed by atoms with van der Waals surface area (Å²) in [4.78, 5) is 11.3. The Morgan fingerprint density at radius 2 is 1.77 bits per heavy atom. The van der Waals surface area contributed by atoms with Crippen molar-refractivity contribution < 1.29 is 13.5 Å². The van der Waals surface area contributed by atoms with E-state index in [-0.39, 0.29) is 17.3 Å². The van der Waals surface area contributed by atoms with Crippen molar-refractivity contribution in [3.63, 3.8) is 0 Å². The zero-order valence-corrected chi connectivity index (χ0v) is 22.4. The Morgan fingerprint density at radius 1 is 1.03 bits per heavy atom. The molecule has 10 nitrogen and oxygen atoms in total. The number of para-hydroxylation sites is 1. The van der Waals surface area contributed by atoms with E-state index < -0.39 is 9.84 Å². The first kappa shape index (κ1) is 25.4. The molecule has 0 spiro atoms. The Balaban J connectivity index is 1.16. The molecule has 2 unspecified atom stereocenters. The average molecular weight is 546 g/mol. The summed E-state index contributed by atoms with van der Waals surface area (Å²) in [6.07, 6.45) is 3.96. The van der Waals surface area contributed by atoms with E-state index in [1.54, 1.807) is 12.1 Å². The molecule has 0 amide bonds. The Hall–Kier alpha value is -3.88. The standard InChI is InChI=1S/C28H31N7O3S/c29-28-26(17-25(31-32-28)24-5-1-2-6-27(24)36)34-18-22-7-8-23(19-34)35(22)21-9-10-30-20(16-21)4-3-11-33-12-14-39(37,38)15-13-33/h1-2,5-6,9-10,16-17,22-23,36H,7-8,11-15,18-19H2,(H2,29,32). The van der Waals surface area contributed by atoms with Gasteiger partial charge >= 0.3 is 0 Å². The fourth-order valence-corrected chi connectivity index (χ4v) is 7.06. The third-order valence-corrected chi connectivity index (χ3v) is 9.41. The number of nitrogens with two attached hydrogens (primary N) is 1. The summed E-state index contributed by atoms with van der Waals surface area (Å²) in [7, 11) is -2.89. The van der Waals surface area contributed by atoms with Crippen LogP contribution in [0.5, 0.6) is 5.75 Å². The summed E-state index contributed by atoms with van der Waals surface area (Å²) >= 11 is 0. The van der Waals surface area contributed by atoms with Crippen LogP contribution in [0.25, 0.3) is 11.3 Å². The summed E-state index contributed by atoms with van der Waals surface area (Å²) in [6.45, 7) is 3.20. The molecule has 3 fully saturated rings. The van der Waals surface area contributed by atoms with E-state index in [1.165, 1.54) is 0 Å². The molecule has 1 aromatic carbocycles. The molecule has 39 heavy (non-hydrogen) atoms. The Bertz CT molecular complexity index is 1520. The number of nitrogen functional groups attached to an aromatic ring is 1. The molecular formula is C28H31N7O3S. The van der Waals surface area contributed by atoms with Gasteiger partial charge in [-0.15, -0.1) is 10.2 Å². The number of benzene rings is 1. The van der Waals surface area contributed by atoms with Crippen molar-refractivity contribution in [2.24, 2.45) is 0 Å². The molecule has 3 saturated heterocycles. The van der Waals surface area contributed by atoms with E-state index in [2.05, 4.69) is 41.7 Å². The number of phenols is 1. The highest BCUT2D eigenvalue weighted by molar-refractivity contribution is 7.91. The summed E-state index contributed by atoms with van der Waals surface area (Å²) in [5, 5.41) is 18.7. The number of anilines is 3. The van der Waals surface area contributed by atoms with Gasteiger partial charge in [0.15, 0.2) is 15.7 Å². The second kappa shape index (κ2) is 10.4. The van der Waals surface area contributed by atoms with Crippen LogP contribution < -0.4 is 15.5 Å². The highest BCUT2D eigenvalue weighted by atomic mass is 32.2. The number of piperazine rings is 1. The van der Waals surface area contributed by atoms with E-state index in [4.69, 9.17) is 5.73 Å². The number of phenolic OH excluding ortho intramolecular Hbond substituents is 1. The predicted molar refractivity (Wildman–Crippen MR) is 151 cm³/mol. The number of sulfone groups is 1. The normalized spacial score (nSPS) is 22.4. The van der Waals surface area contributed by atoms with Crippen molar-refractivity contribution in [2.45, 2.75) is 24.9 Å². The van der Waals surface area contributed by atoms with Crippen LogP contribution in [0.2, 0.25) is 0 Å². The van der Waals surface area contributed by atoms with Crippen LogP contribution in [-0.4, -0.2) is 89.9 Å². The molecule has 3 N–H and O–H groups in total. The smallest absolute Gasteiger partial charge is 0.169 e. The molecule has 3 aliphatic rings. The molecule has 2 atom stereocenters. The first-order valence-electron chi connectivity index (χ1n) is 13.2. The molecule has 3 aliphatic heterocycles. The average Bonchev–Trinajstić information content (AvgIpc) is 3.20. The highest BCUT2D eigenvalue weighted by Gasteiger charge is 2.40. The van der Waals surface area contributed by atoms with Gasteiger partial charge in [0, 0.05) is 55.7 Å². The van der Waals surface area contributed by atoms with Crippen LogP contribution in [-0.2, 0) is 9.84 Å². The van der Waals surface area contributed by atoms with Gasteiger partial charge in [-0.2, -0.15) is 0 Å². The van der Waals surface area contributed by atoms with Gasteiger partial charge < -0.3 is 20.6 Å². The number of aromatic hydroxyl groups is 1. The fourth-order valence-electron chi connectivity index (χ4n) is 5.79. The van der Waals surface area contributed by atoms with Crippen LogP contribution in [0.4, 0.5) is 17.2 Å². The number of nitrogens with zero attached hydrogens (tertiary/aromatic N) is 6. The van der Waals surface area contributed by atoms with Crippen molar-refractivity contribution in [1.29, 1.82) is 0 Å². The molecule has 3 aromatic rings. The molecule has 11 heteroatoms. The molecule has 5 heterocycles. The van der Waals surface area contributed by atoms with E-state index in [9.17, 15) is 13.5 Å². The summed E-state index contributed by atoms with van der Waals surface area (Å²) in [5.41, 5.74) is 10.2. The Labute approximate surface area is 228 Å². The molecule has 202 valence electrons. The van der Waals surface area contributed by atoms with Crippen molar-refractivity contribution in [2.75, 3.05) is 59.8 Å². The Morgan fingerprint density at radius 3 is 2.51 bits per heavy atom. The number of fused-ring (bicyclic) bond motifs is 2. The van der Waals surface area contributed by atoms with E-state index in [0.717, 1.165) is 37.3 Å². The van der Waals surface area contributed by atoms with Gasteiger partial charge in [-0.3, -0.25) is 4.90 Å². The van der Waals surface area contributed by atoms with Crippen molar-refractivity contribution >= 4 is 27.0 Å². The fraction of sp³-hybridized carbons (Fsp3) is 0.393. The quantitative estimate of drug-likeness (QED) is 0.468. The number of aromatic nitrogens is 3. The molecule has 0 saturated carbocycles. The minimum atomic E-state index is -2.89. The predicted octanol–water partition coefficient (Wildman–Crippen LogP) is 1.77. The van der Waals surface area contributed by atoms with Crippen molar-refractivity contribution in [3.8, 4) is 28.8 Å². The lowest BCUT2D eigenvalue weighted by atomic mass is 10.1. The second-order valence-electron chi connectivity index (χ2n) is 10.3. The first-order chi connectivity index (χ1) is 18.9. The van der Waals surface area contributed by atoms with E-state index >= 15 is 0 Å². The maximum absolute atomic E-state index is 11.6. The number of hydrogen-bond acceptors (Lipinski definition) is 10. The SMILES string of the molecule is Nc1nnc(-c2ccccc2O)cc1N1CC2CCC(C1)N2c1ccnc(C#CCN2CCS(=O)(=O)CC2)c1. The van der Waals surface area contributed by atoms with Crippen LogP contribution in [0, 0.1) is 11.8 Å². The van der Waals surface area contributed by atoms with Crippen LogP contribution in [0.15, 0.2) is 48.7 Å². The lowest BCUT2D eigenvalue weighted by Crippen LogP contribution is -2.54. The molecule has 6 rings (SSSR count). The van der Waals surface area contributed by atoms with Crippen LogP contribution >= 0.6 is 0 Å². The monoisotopic (exact) mass is 545 g/mol. The topological polar surface area (TPSA) is 129 Å². The van der Waals surface area contributed by atoms with Crippen molar-refractivity contribution in [3.05, 3.63) is 54.4 Å². The van der Waals surface area contributed by atoms with Crippen LogP contribution in [0.3, 0.4) is 0 Å². The largest absolute Gasteiger partial charge is 0.507 e. The van der Waals surface area contributed by atoms with Gasteiger partial charge in [0.05, 0.1) is 29.4 Å². The molecule has 2 bridgehead atoms. The van der Waals surface area contributed by atoms with E-state index in [0.29, 0.717) is 54.5 Å². The summed E-state index contributed by atoms with van der Waals surface area (Å²) < 4.78 is 23.3. The molecule has 0 aliphatic carbocycles. The number of pyridine rings is 1. The first-order valence-corrected chi connectivity index (χ1v) is 15.0. The Kier molecular flexibility index (Phi) is 6.74. The van der Waals surface area contributed by atoms with Gasteiger partial charge in [0.1, 0.15) is 11.4 Å². The third kappa shape index (κ3) is 5.35.